The number of hydrogen-bond acceptors (Lipinski definition) is 2. The average Bonchev–Trinajstić information content (AvgIpc) is 3.11. The molecule has 1 aliphatic rings. The van der Waals surface area contributed by atoms with Gasteiger partial charge in [0.15, 0.2) is 0 Å². The highest BCUT2D eigenvalue weighted by molar-refractivity contribution is 6.10. The molecule has 26 heavy (non-hydrogen) atoms. The van der Waals surface area contributed by atoms with Gasteiger partial charge in [-0.3, -0.25) is 0 Å². The van der Waals surface area contributed by atoms with E-state index in [1.807, 2.05) is 24.3 Å². The maximum atomic E-state index is 12.4. The molecule has 124 valence electrons. The predicted molar refractivity (Wildman–Crippen MR) is 105 cm³/mol. The van der Waals surface area contributed by atoms with Gasteiger partial charge < -0.3 is 4.74 Å². The summed E-state index contributed by atoms with van der Waals surface area (Å²) in [4.78, 5) is 12.4. The van der Waals surface area contributed by atoms with E-state index in [0.717, 1.165) is 12.0 Å². The zero-order valence-corrected chi connectivity index (χ0v) is 14.1. The van der Waals surface area contributed by atoms with Crippen molar-refractivity contribution in [1.29, 1.82) is 0 Å². The summed E-state index contributed by atoms with van der Waals surface area (Å²) in [6.45, 7) is 0. The van der Waals surface area contributed by atoms with Crippen LogP contribution in [0.15, 0.2) is 84.9 Å². The largest absolute Gasteiger partial charge is 0.423 e. The Balaban J connectivity index is 1.56. The highest BCUT2D eigenvalue weighted by atomic mass is 16.5. The summed E-state index contributed by atoms with van der Waals surface area (Å²) >= 11 is 0. The van der Waals surface area contributed by atoms with Crippen LogP contribution in [0.5, 0.6) is 0 Å². The maximum absolute atomic E-state index is 12.4. The van der Waals surface area contributed by atoms with Gasteiger partial charge in [0, 0.05) is 5.56 Å². The van der Waals surface area contributed by atoms with E-state index in [4.69, 9.17) is 4.74 Å². The second kappa shape index (κ2) is 5.85. The lowest BCUT2D eigenvalue weighted by atomic mass is 9.96. The Hall–Kier alpha value is -3.39. The van der Waals surface area contributed by atoms with Gasteiger partial charge in [-0.15, -0.1) is 0 Å². The van der Waals surface area contributed by atoms with Crippen molar-refractivity contribution in [2.45, 2.75) is 6.42 Å². The van der Waals surface area contributed by atoms with Gasteiger partial charge in [0.05, 0.1) is 5.56 Å². The van der Waals surface area contributed by atoms with Gasteiger partial charge in [-0.25, -0.2) is 4.79 Å². The molecule has 0 heterocycles. The second-order valence-corrected chi connectivity index (χ2v) is 6.50. The number of carbonyl (C=O) groups is 1. The third-order valence-electron chi connectivity index (χ3n) is 5.01. The van der Waals surface area contributed by atoms with Gasteiger partial charge in [0.1, 0.15) is 5.76 Å². The minimum Gasteiger partial charge on any atom is -0.423 e. The molecule has 2 nitrogen and oxygen atoms in total. The van der Waals surface area contributed by atoms with Crippen molar-refractivity contribution in [3.8, 4) is 0 Å². The Labute approximate surface area is 151 Å². The summed E-state index contributed by atoms with van der Waals surface area (Å²) in [5.74, 6) is 0.340. The zero-order valence-electron chi connectivity index (χ0n) is 14.1. The molecule has 0 unspecified atom stereocenters. The molecule has 1 aliphatic carbocycles. The van der Waals surface area contributed by atoms with Gasteiger partial charge in [0.25, 0.3) is 0 Å². The van der Waals surface area contributed by atoms with Crippen molar-refractivity contribution in [2.24, 2.45) is 0 Å². The number of allylic oxidation sites excluding steroid dienone is 1. The average molecular weight is 336 g/mol. The van der Waals surface area contributed by atoms with Crippen molar-refractivity contribution >= 4 is 33.3 Å². The van der Waals surface area contributed by atoms with E-state index in [-0.39, 0.29) is 5.97 Å². The highest BCUT2D eigenvalue weighted by Crippen LogP contribution is 2.36. The number of rotatable bonds is 2. The smallest absolute Gasteiger partial charge is 0.343 e. The van der Waals surface area contributed by atoms with Crippen molar-refractivity contribution in [3.05, 3.63) is 102 Å². The first-order chi connectivity index (χ1) is 12.8. The lowest BCUT2D eigenvalue weighted by Crippen LogP contribution is -2.03. The first kappa shape index (κ1) is 14.9. The predicted octanol–water partition coefficient (Wildman–Crippen LogP) is 5.75. The van der Waals surface area contributed by atoms with Crippen LogP contribution in [0.1, 0.15) is 21.5 Å². The van der Waals surface area contributed by atoms with Crippen molar-refractivity contribution < 1.29 is 9.53 Å². The number of benzene rings is 4. The molecule has 0 fully saturated rings. The zero-order chi connectivity index (χ0) is 17.5. The lowest BCUT2D eigenvalue weighted by molar-refractivity contribution is 0.0692. The van der Waals surface area contributed by atoms with Crippen LogP contribution in [0.25, 0.3) is 27.3 Å². The van der Waals surface area contributed by atoms with Crippen LogP contribution in [-0.2, 0) is 11.2 Å². The molecule has 0 bridgehead atoms. The van der Waals surface area contributed by atoms with Gasteiger partial charge in [-0.2, -0.15) is 0 Å². The van der Waals surface area contributed by atoms with Crippen molar-refractivity contribution in [1.82, 2.24) is 0 Å². The van der Waals surface area contributed by atoms with Crippen molar-refractivity contribution in [3.63, 3.8) is 0 Å². The summed E-state index contributed by atoms with van der Waals surface area (Å²) in [7, 11) is 0. The standard InChI is InChI=1S/C24H16O2/c25-24(17-7-2-1-3-8-17)26-23-15-14-21-20-11-10-16-6-4-5-9-18(16)19(20)12-13-22(21)23/h1-13,15H,14H2. The van der Waals surface area contributed by atoms with Gasteiger partial charge in [0.2, 0.25) is 0 Å². The fourth-order valence-electron chi connectivity index (χ4n) is 3.74. The number of hydrogen-bond donors (Lipinski definition) is 0. The van der Waals surface area contributed by atoms with Crippen LogP contribution < -0.4 is 0 Å². The number of esters is 1. The normalized spacial score (nSPS) is 12.8. The Morgan fingerprint density at radius 1 is 0.731 bits per heavy atom. The number of fused-ring (bicyclic) bond motifs is 5. The van der Waals surface area contributed by atoms with E-state index >= 15 is 0 Å². The van der Waals surface area contributed by atoms with Gasteiger partial charge in [-0.1, -0.05) is 66.7 Å². The van der Waals surface area contributed by atoms with Crippen molar-refractivity contribution in [2.75, 3.05) is 0 Å². The molecule has 0 spiro atoms. The molecule has 4 aromatic carbocycles. The molecule has 5 rings (SSSR count). The molecule has 0 aromatic heterocycles. The molecular weight excluding hydrogens is 320 g/mol. The van der Waals surface area contributed by atoms with Gasteiger partial charge in [-0.05, 0) is 51.7 Å². The molecule has 0 saturated heterocycles. The first-order valence-corrected chi connectivity index (χ1v) is 8.72. The fraction of sp³-hybridized carbons (Fsp3) is 0.0417. The third kappa shape index (κ3) is 2.31. The molecule has 0 atom stereocenters. The maximum Gasteiger partial charge on any atom is 0.343 e. The van der Waals surface area contributed by atoms with E-state index in [2.05, 4.69) is 48.5 Å². The SMILES string of the molecule is O=C(OC1=CCc2c1ccc1c2ccc2ccccc21)c1ccccc1. The number of ether oxygens (including phenoxy) is 1. The Bertz CT molecular complexity index is 1190. The van der Waals surface area contributed by atoms with E-state index in [0.29, 0.717) is 11.3 Å². The lowest BCUT2D eigenvalue weighted by Gasteiger charge is -2.11. The Morgan fingerprint density at radius 3 is 2.38 bits per heavy atom. The monoisotopic (exact) mass is 336 g/mol. The minimum absolute atomic E-state index is 0.316. The van der Waals surface area contributed by atoms with Gasteiger partial charge >= 0.3 is 5.97 Å². The Kier molecular flexibility index (Phi) is 3.36. The molecule has 0 saturated carbocycles. The van der Waals surface area contributed by atoms with Crippen LogP contribution in [-0.4, -0.2) is 5.97 Å². The molecule has 0 aliphatic heterocycles. The molecule has 4 aromatic rings. The van der Waals surface area contributed by atoms with E-state index in [1.165, 1.54) is 27.1 Å². The van der Waals surface area contributed by atoms with Crippen LogP contribution >= 0.6 is 0 Å². The fourth-order valence-corrected chi connectivity index (χ4v) is 3.74. The highest BCUT2D eigenvalue weighted by Gasteiger charge is 2.21. The van der Waals surface area contributed by atoms with E-state index in [1.54, 1.807) is 12.1 Å². The quantitative estimate of drug-likeness (QED) is 0.344. The molecule has 0 N–H and O–H groups in total. The van der Waals surface area contributed by atoms with E-state index < -0.39 is 0 Å². The van der Waals surface area contributed by atoms with E-state index in [9.17, 15) is 4.79 Å². The summed E-state index contributed by atoms with van der Waals surface area (Å²) in [6.07, 6.45) is 2.78. The second-order valence-electron chi connectivity index (χ2n) is 6.50. The summed E-state index contributed by atoms with van der Waals surface area (Å²) in [5.41, 5.74) is 2.80. The third-order valence-corrected chi connectivity index (χ3v) is 5.01. The molecule has 2 heteroatoms. The summed E-state index contributed by atoms with van der Waals surface area (Å²) in [6, 6.07) is 26.1. The summed E-state index contributed by atoms with van der Waals surface area (Å²) < 4.78 is 5.68. The molecule has 0 radical (unpaired) electrons. The summed E-state index contributed by atoms with van der Waals surface area (Å²) in [5, 5.41) is 4.96. The van der Waals surface area contributed by atoms with Crippen LogP contribution in [0.4, 0.5) is 0 Å². The van der Waals surface area contributed by atoms with Crippen LogP contribution in [0.3, 0.4) is 0 Å². The Morgan fingerprint density at radius 2 is 1.50 bits per heavy atom. The van der Waals surface area contributed by atoms with Crippen LogP contribution in [0.2, 0.25) is 0 Å². The molecular formula is C24H16O2. The minimum atomic E-state index is -0.316. The first-order valence-electron chi connectivity index (χ1n) is 8.72. The molecule has 0 amide bonds. The topological polar surface area (TPSA) is 26.3 Å². The number of carbonyl (C=O) groups excluding carboxylic acids is 1. The van der Waals surface area contributed by atoms with Crippen LogP contribution in [0, 0.1) is 0 Å².